The fraction of sp³-hybridized carbons (Fsp3) is 0.294. The second kappa shape index (κ2) is 12.4. The molecule has 2 aliphatic rings. The first kappa shape index (κ1) is 29.1. The number of hydrogen-bond acceptors (Lipinski definition) is 10. The number of nitrogens with one attached hydrogen (secondary N) is 1. The maximum absolute atomic E-state index is 12.7. The number of imidazole rings is 1. The molecular weight excluding hydrogens is 574 g/mol. The van der Waals surface area contributed by atoms with Crippen LogP contribution in [0.5, 0.6) is 0 Å². The molecule has 230 valence electrons. The number of esters is 1. The van der Waals surface area contributed by atoms with E-state index in [-0.39, 0.29) is 24.9 Å². The Morgan fingerprint density at radius 3 is 2.40 bits per heavy atom. The molecule has 0 spiro atoms. The number of carbonyl (C=O) groups excluding carboxylic acids is 1. The number of aliphatic hydroxyl groups is 3. The number of ether oxygens (including phenoxy) is 2. The van der Waals surface area contributed by atoms with Crippen LogP contribution in [0.2, 0.25) is 0 Å². The van der Waals surface area contributed by atoms with Crippen molar-refractivity contribution in [2.45, 2.75) is 49.8 Å². The van der Waals surface area contributed by atoms with Gasteiger partial charge in [0.2, 0.25) is 0 Å². The average molecular weight is 608 g/mol. The minimum Gasteiger partial charge on any atom is -0.465 e. The fourth-order valence-corrected chi connectivity index (χ4v) is 6.23. The van der Waals surface area contributed by atoms with Crippen LogP contribution in [-0.4, -0.2) is 66.2 Å². The molecule has 0 bridgehead atoms. The number of aryl methyl sites for hydroxylation is 1. The Hall–Kier alpha value is -4.68. The number of nitrogens with zero attached hydrogens (tertiary/aromatic N) is 4. The van der Waals surface area contributed by atoms with Crippen molar-refractivity contribution in [3.05, 3.63) is 108 Å². The van der Waals surface area contributed by atoms with Crippen LogP contribution in [0.3, 0.4) is 0 Å². The zero-order valence-corrected chi connectivity index (χ0v) is 24.4. The molecule has 11 heteroatoms. The van der Waals surface area contributed by atoms with Crippen LogP contribution in [0.4, 0.5) is 5.82 Å². The molecule has 45 heavy (non-hydrogen) atoms. The number of fused-ring (bicyclic) bond motifs is 4. The zero-order valence-electron chi connectivity index (χ0n) is 24.4. The third-order valence-electron chi connectivity index (χ3n) is 8.61. The average Bonchev–Trinajstić information content (AvgIpc) is 3.76. The number of rotatable bonds is 10. The first-order valence-electron chi connectivity index (χ1n) is 15.0. The number of hydrogen-bond donors (Lipinski definition) is 4. The normalized spacial score (nSPS) is 19.8. The summed E-state index contributed by atoms with van der Waals surface area (Å²) in [4.78, 5) is 25.7. The van der Waals surface area contributed by atoms with E-state index in [1.807, 2.05) is 36.4 Å². The SMILES string of the molecule is O=C(CCc1ccc(C(O)Nc2ncnc3c2ncn3[C@H]2CC(O)[C@@H](CO)O2)cc1)OCC1c2ccccc2-c2ccccc21. The van der Waals surface area contributed by atoms with E-state index in [1.165, 1.54) is 28.6 Å². The molecule has 3 heterocycles. The van der Waals surface area contributed by atoms with Crippen molar-refractivity contribution >= 4 is 23.0 Å². The van der Waals surface area contributed by atoms with E-state index >= 15 is 0 Å². The summed E-state index contributed by atoms with van der Waals surface area (Å²) in [6.07, 6.45) is 0.883. The van der Waals surface area contributed by atoms with Crippen LogP contribution in [0.25, 0.3) is 22.3 Å². The van der Waals surface area contributed by atoms with Crippen LogP contribution in [0.1, 0.15) is 53.5 Å². The minimum absolute atomic E-state index is 0.0297. The lowest BCUT2D eigenvalue weighted by Gasteiger charge is -2.16. The van der Waals surface area contributed by atoms with E-state index in [4.69, 9.17) is 9.47 Å². The number of anilines is 1. The van der Waals surface area contributed by atoms with Crippen molar-refractivity contribution in [1.82, 2.24) is 19.5 Å². The monoisotopic (exact) mass is 607 g/mol. The van der Waals surface area contributed by atoms with Gasteiger partial charge in [0.15, 0.2) is 23.2 Å². The van der Waals surface area contributed by atoms with Crippen LogP contribution in [0.15, 0.2) is 85.5 Å². The quantitative estimate of drug-likeness (QED) is 0.136. The van der Waals surface area contributed by atoms with Gasteiger partial charge in [0.05, 0.1) is 19.0 Å². The van der Waals surface area contributed by atoms with Crippen LogP contribution in [0, 0.1) is 0 Å². The van der Waals surface area contributed by atoms with E-state index in [2.05, 4.69) is 44.5 Å². The Kier molecular flexibility index (Phi) is 7.99. The van der Waals surface area contributed by atoms with Gasteiger partial charge in [-0.15, -0.1) is 0 Å². The lowest BCUT2D eigenvalue weighted by molar-refractivity contribution is -0.143. The molecule has 0 saturated carbocycles. The first-order valence-corrected chi connectivity index (χ1v) is 15.0. The summed E-state index contributed by atoms with van der Waals surface area (Å²) in [7, 11) is 0. The maximum Gasteiger partial charge on any atom is 0.306 e. The maximum atomic E-state index is 12.7. The Morgan fingerprint density at radius 1 is 1.00 bits per heavy atom. The predicted octanol–water partition coefficient (Wildman–Crippen LogP) is 3.86. The topological polar surface area (TPSA) is 152 Å². The van der Waals surface area contributed by atoms with Crippen molar-refractivity contribution in [3.8, 4) is 11.1 Å². The second-order valence-corrected chi connectivity index (χ2v) is 11.4. The molecule has 1 fully saturated rings. The molecule has 1 saturated heterocycles. The lowest BCUT2D eigenvalue weighted by atomic mass is 9.98. The number of carbonyl (C=O) groups is 1. The summed E-state index contributed by atoms with van der Waals surface area (Å²) < 4.78 is 13.2. The van der Waals surface area contributed by atoms with Gasteiger partial charge in [-0.1, -0.05) is 72.8 Å². The van der Waals surface area contributed by atoms with Crippen molar-refractivity contribution in [2.24, 2.45) is 0 Å². The zero-order chi connectivity index (χ0) is 30.9. The number of aliphatic hydroxyl groups excluding tert-OH is 3. The van der Waals surface area contributed by atoms with E-state index in [9.17, 15) is 20.1 Å². The highest BCUT2D eigenvalue weighted by Gasteiger charge is 2.35. The van der Waals surface area contributed by atoms with Gasteiger partial charge in [-0.3, -0.25) is 9.36 Å². The van der Waals surface area contributed by atoms with Gasteiger partial charge in [0.1, 0.15) is 25.3 Å². The molecule has 3 aromatic carbocycles. The largest absolute Gasteiger partial charge is 0.465 e. The van der Waals surface area contributed by atoms with Crippen molar-refractivity contribution in [1.29, 1.82) is 0 Å². The molecule has 4 N–H and O–H groups in total. The van der Waals surface area contributed by atoms with Gasteiger partial charge in [0.25, 0.3) is 0 Å². The summed E-state index contributed by atoms with van der Waals surface area (Å²) in [6, 6.07) is 23.9. The van der Waals surface area contributed by atoms with Gasteiger partial charge in [-0.05, 0) is 34.2 Å². The highest BCUT2D eigenvalue weighted by Crippen LogP contribution is 2.44. The molecule has 5 aromatic rings. The predicted molar refractivity (Wildman–Crippen MR) is 165 cm³/mol. The minimum atomic E-state index is -1.08. The van der Waals surface area contributed by atoms with Gasteiger partial charge in [-0.25, -0.2) is 15.0 Å². The van der Waals surface area contributed by atoms with E-state index < -0.39 is 24.7 Å². The third-order valence-corrected chi connectivity index (χ3v) is 8.61. The highest BCUT2D eigenvalue weighted by molar-refractivity contribution is 5.83. The van der Waals surface area contributed by atoms with E-state index in [1.54, 1.807) is 23.0 Å². The molecule has 1 aliphatic carbocycles. The number of aromatic nitrogens is 4. The molecule has 1 aliphatic heterocycles. The van der Waals surface area contributed by atoms with Gasteiger partial charge in [0, 0.05) is 24.3 Å². The smallest absolute Gasteiger partial charge is 0.306 e. The lowest BCUT2D eigenvalue weighted by Crippen LogP contribution is -2.24. The van der Waals surface area contributed by atoms with Crippen molar-refractivity contribution in [2.75, 3.05) is 18.5 Å². The van der Waals surface area contributed by atoms with Crippen LogP contribution >= 0.6 is 0 Å². The Bertz CT molecular complexity index is 1780. The van der Waals surface area contributed by atoms with E-state index in [0.717, 1.165) is 5.56 Å². The fourth-order valence-electron chi connectivity index (χ4n) is 6.23. The van der Waals surface area contributed by atoms with Crippen LogP contribution in [-0.2, 0) is 20.7 Å². The Labute approximate surface area is 259 Å². The van der Waals surface area contributed by atoms with Crippen molar-refractivity contribution < 1.29 is 29.6 Å². The van der Waals surface area contributed by atoms with Crippen molar-refractivity contribution in [3.63, 3.8) is 0 Å². The molecule has 0 amide bonds. The first-order chi connectivity index (χ1) is 22.0. The van der Waals surface area contributed by atoms with E-state index in [0.29, 0.717) is 42.0 Å². The molecule has 0 radical (unpaired) electrons. The molecule has 7 rings (SSSR count). The molecular formula is C34H33N5O6. The molecule has 11 nitrogen and oxygen atoms in total. The third kappa shape index (κ3) is 5.67. The molecule has 2 aromatic heterocycles. The molecule has 2 unspecified atom stereocenters. The summed E-state index contributed by atoms with van der Waals surface area (Å²) in [5.74, 6) is 0.115. The van der Waals surface area contributed by atoms with Crippen LogP contribution < -0.4 is 5.32 Å². The highest BCUT2D eigenvalue weighted by atomic mass is 16.5. The summed E-state index contributed by atoms with van der Waals surface area (Å²) in [6.45, 7) is 0.0174. The summed E-state index contributed by atoms with van der Waals surface area (Å²) >= 11 is 0. The van der Waals surface area contributed by atoms with Gasteiger partial charge in [-0.2, -0.15) is 0 Å². The Morgan fingerprint density at radius 2 is 1.71 bits per heavy atom. The second-order valence-electron chi connectivity index (χ2n) is 11.4. The van der Waals surface area contributed by atoms with Gasteiger partial charge < -0.3 is 30.1 Å². The Balaban J connectivity index is 0.943. The summed E-state index contributed by atoms with van der Waals surface area (Å²) in [5.41, 5.74) is 7.22. The number of benzene rings is 3. The summed E-state index contributed by atoms with van der Waals surface area (Å²) in [5, 5.41) is 33.4. The molecule has 4 atom stereocenters. The van der Waals surface area contributed by atoms with Gasteiger partial charge >= 0.3 is 5.97 Å². The standard InChI is InChI=1S/C34H33N5O6/c40-16-28-27(41)15-29(45-28)39-19-37-31-32(35-18-36-33(31)39)38-34(43)21-12-9-20(10-13-21)11-14-30(42)44-17-26-24-7-3-1-5-22(24)23-6-2-4-8-25(23)26/h1-10,12-13,18-19,26-29,34,40-41,43H,11,14-17H2,(H,35,36,38)/t27?,28-,29-,34?/m1/s1.